The number of hydrogen-bond acceptors (Lipinski definition) is 4. The Labute approximate surface area is 82.3 Å². The van der Waals surface area contributed by atoms with Crippen molar-refractivity contribution in [2.24, 2.45) is 0 Å². The maximum atomic E-state index is 11.1. The van der Waals surface area contributed by atoms with E-state index in [1.807, 2.05) is 0 Å². The fraction of sp³-hybridized carbons (Fsp3) is 0.300. The van der Waals surface area contributed by atoms with Gasteiger partial charge in [0.25, 0.3) is 0 Å². The summed E-state index contributed by atoms with van der Waals surface area (Å²) < 4.78 is 5.13. The number of Topliss-reactive ketones (excluding diaryl/α,β-unsaturated/α-hetero) is 1. The van der Waals surface area contributed by atoms with E-state index >= 15 is 0 Å². The number of phenols is 1. The zero-order chi connectivity index (χ0) is 10.7. The van der Waals surface area contributed by atoms with Crippen molar-refractivity contribution in [1.82, 2.24) is 0 Å². The molecular weight excluding hydrogens is 182 g/mol. The van der Waals surface area contributed by atoms with Gasteiger partial charge >= 0.3 is 0 Å². The van der Waals surface area contributed by atoms with Crippen LogP contribution < -0.4 is 10.5 Å². The first-order chi connectivity index (χ1) is 6.56. The molecule has 4 heteroatoms. The number of benzene rings is 1. The van der Waals surface area contributed by atoms with Gasteiger partial charge in [0.05, 0.1) is 12.3 Å². The first-order valence-corrected chi connectivity index (χ1v) is 4.32. The van der Waals surface area contributed by atoms with Gasteiger partial charge in [0.2, 0.25) is 0 Å². The Kier molecular flexibility index (Phi) is 2.96. The van der Waals surface area contributed by atoms with Crippen LogP contribution in [0.25, 0.3) is 0 Å². The van der Waals surface area contributed by atoms with Crippen LogP contribution in [-0.2, 0) is 0 Å². The number of carbonyl (C=O) groups excluding carboxylic acids is 1. The summed E-state index contributed by atoms with van der Waals surface area (Å²) >= 11 is 0. The monoisotopic (exact) mass is 195 g/mol. The lowest BCUT2D eigenvalue weighted by atomic mass is 10.1. The zero-order valence-electron chi connectivity index (χ0n) is 8.20. The first-order valence-electron chi connectivity index (χ1n) is 4.32. The quantitative estimate of drug-likeness (QED) is 0.436. The van der Waals surface area contributed by atoms with Crippen molar-refractivity contribution in [2.45, 2.75) is 13.8 Å². The molecule has 0 bridgehead atoms. The molecule has 76 valence electrons. The summed E-state index contributed by atoms with van der Waals surface area (Å²) in [7, 11) is 0. The average Bonchev–Trinajstić information content (AvgIpc) is 2.12. The van der Waals surface area contributed by atoms with E-state index in [4.69, 9.17) is 10.5 Å². The van der Waals surface area contributed by atoms with E-state index in [0.29, 0.717) is 12.2 Å². The molecule has 0 saturated carbocycles. The standard InChI is InChI=1S/C10H13NO3/c1-3-14-9-5-7(6(2)12)4-8(11)10(9)13/h4-5,13H,3,11H2,1-2H3. The summed E-state index contributed by atoms with van der Waals surface area (Å²) in [5, 5.41) is 9.47. The van der Waals surface area contributed by atoms with Gasteiger partial charge in [0.1, 0.15) is 0 Å². The summed E-state index contributed by atoms with van der Waals surface area (Å²) in [4.78, 5) is 11.1. The minimum atomic E-state index is -0.114. The minimum Gasteiger partial charge on any atom is -0.503 e. The van der Waals surface area contributed by atoms with Crippen molar-refractivity contribution in [1.29, 1.82) is 0 Å². The number of rotatable bonds is 3. The maximum absolute atomic E-state index is 11.1. The average molecular weight is 195 g/mol. The lowest BCUT2D eigenvalue weighted by Crippen LogP contribution is -1.99. The number of phenolic OH excluding ortho intramolecular Hbond substituents is 1. The van der Waals surface area contributed by atoms with E-state index < -0.39 is 0 Å². The van der Waals surface area contributed by atoms with Crippen LogP contribution in [0.1, 0.15) is 24.2 Å². The van der Waals surface area contributed by atoms with Crippen LogP contribution in [0.5, 0.6) is 11.5 Å². The predicted octanol–water partition coefficient (Wildman–Crippen LogP) is 1.58. The molecule has 0 spiro atoms. The highest BCUT2D eigenvalue weighted by atomic mass is 16.5. The number of aromatic hydroxyl groups is 1. The lowest BCUT2D eigenvalue weighted by molar-refractivity contribution is 0.101. The molecule has 0 heterocycles. The fourth-order valence-corrected chi connectivity index (χ4v) is 1.10. The number of nitrogens with two attached hydrogens (primary N) is 1. The van der Waals surface area contributed by atoms with Gasteiger partial charge in [0, 0.05) is 5.56 Å². The Balaban J connectivity index is 3.20. The largest absolute Gasteiger partial charge is 0.503 e. The van der Waals surface area contributed by atoms with Crippen molar-refractivity contribution < 1.29 is 14.6 Å². The van der Waals surface area contributed by atoms with Crippen LogP contribution in [-0.4, -0.2) is 17.5 Å². The van der Waals surface area contributed by atoms with E-state index in [2.05, 4.69) is 0 Å². The molecule has 0 radical (unpaired) electrons. The molecule has 0 aliphatic carbocycles. The number of anilines is 1. The molecule has 14 heavy (non-hydrogen) atoms. The van der Waals surface area contributed by atoms with Gasteiger partial charge in [-0.3, -0.25) is 4.79 Å². The molecule has 4 nitrogen and oxygen atoms in total. The van der Waals surface area contributed by atoms with E-state index in [-0.39, 0.29) is 23.0 Å². The van der Waals surface area contributed by atoms with Gasteiger partial charge in [-0.1, -0.05) is 0 Å². The molecule has 1 rings (SSSR count). The third-order valence-corrected chi connectivity index (χ3v) is 1.81. The molecule has 3 N–H and O–H groups in total. The van der Waals surface area contributed by atoms with Gasteiger partial charge in [-0.2, -0.15) is 0 Å². The lowest BCUT2D eigenvalue weighted by Gasteiger charge is -2.09. The summed E-state index contributed by atoms with van der Waals surface area (Å²) in [5.41, 5.74) is 6.10. The second-order valence-electron chi connectivity index (χ2n) is 2.90. The van der Waals surface area contributed by atoms with Crippen LogP contribution in [0.15, 0.2) is 12.1 Å². The van der Waals surface area contributed by atoms with Crippen molar-refractivity contribution in [2.75, 3.05) is 12.3 Å². The predicted molar refractivity (Wildman–Crippen MR) is 53.7 cm³/mol. The van der Waals surface area contributed by atoms with Crippen LogP contribution in [0.3, 0.4) is 0 Å². The highest BCUT2D eigenvalue weighted by molar-refractivity contribution is 5.96. The smallest absolute Gasteiger partial charge is 0.181 e. The fourth-order valence-electron chi connectivity index (χ4n) is 1.10. The van der Waals surface area contributed by atoms with Gasteiger partial charge < -0.3 is 15.6 Å². The number of carbonyl (C=O) groups is 1. The molecule has 0 aromatic heterocycles. The zero-order valence-corrected chi connectivity index (χ0v) is 8.20. The molecule has 1 aromatic carbocycles. The van der Waals surface area contributed by atoms with Crippen molar-refractivity contribution in [3.63, 3.8) is 0 Å². The summed E-state index contributed by atoms with van der Waals surface area (Å²) in [5.74, 6) is 0.0206. The van der Waals surface area contributed by atoms with Gasteiger partial charge in [-0.05, 0) is 26.0 Å². The molecule has 0 saturated heterocycles. The third kappa shape index (κ3) is 1.96. The van der Waals surface area contributed by atoms with Crippen molar-refractivity contribution in [3.05, 3.63) is 17.7 Å². The second kappa shape index (κ2) is 4.00. The molecule has 0 atom stereocenters. The first kappa shape index (κ1) is 10.4. The Morgan fingerprint density at radius 1 is 1.57 bits per heavy atom. The van der Waals surface area contributed by atoms with E-state index in [1.54, 1.807) is 6.92 Å². The van der Waals surface area contributed by atoms with Crippen molar-refractivity contribution >= 4 is 11.5 Å². The van der Waals surface area contributed by atoms with E-state index in [0.717, 1.165) is 0 Å². The third-order valence-electron chi connectivity index (χ3n) is 1.81. The normalized spacial score (nSPS) is 9.86. The van der Waals surface area contributed by atoms with Crippen LogP contribution in [0.2, 0.25) is 0 Å². The Bertz CT molecular complexity index is 361. The molecule has 0 aliphatic rings. The van der Waals surface area contributed by atoms with Gasteiger partial charge in [-0.15, -0.1) is 0 Å². The van der Waals surface area contributed by atoms with Gasteiger partial charge in [0.15, 0.2) is 17.3 Å². The van der Waals surface area contributed by atoms with E-state index in [9.17, 15) is 9.90 Å². The van der Waals surface area contributed by atoms with Crippen molar-refractivity contribution in [3.8, 4) is 11.5 Å². The highest BCUT2D eigenvalue weighted by Gasteiger charge is 2.10. The Hall–Kier alpha value is -1.71. The Morgan fingerprint density at radius 2 is 2.21 bits per heavy atom. The number of hydrogen-bond donors (Lipinski definition) is 2. The molecule has 0 amide bonds. The summed E-state index contributed by atoms with van der Waals surface area (Å²) in [6, 6.07) is 2.91. The summed E-state index contributed by atoms with van der Waals surface area (Å²) in [6.45, 7) is 3.63. The number of ketones is 1. The molecule has 1 aromatic rings. The van der Waals surface area contributed by atoms with Crippen LogP contribution >= 0.6 is 0 Å². The topological polar surface area (TPSA) is 72.5 Å². The minimum absolute atomic E-state index is 0.113. The van der Waals surface area contributed by atoms with Crippen LogP contribution in [0, 0.1) is 0 Å². The van der Waals surface area contributed by atoms with Crippen LogP contribution in [0.4, 0.5) is 5.69 Å². The van der Waals surface area contributed by atoms with Gasteiger partial charge in [-0.25, -0.2) is 0 Å². The number of nitrogen functional groups attached to an aromatic ring is 1. The second-order valence-corrected chi connectivity index (χ2v) is 2.90. The highest BCUT2D eigenvalue weighted by Crippen LogP contribution is 2.33. The van der Waals surface area contributed by atoms with E-state index in [1.165, 1.54) is 19.1 Å². The summed E-state index contributed by atoms with van der Waals surface area (Å²) in [6.07, 6.45) is 0. The molecule has 0 aliphatic heterocycles. The maximum Gasteiger partial charge on any atom is 0.181 e. The SMILES string of the molecule is CCOc1cc(C(C)=O)cc(N)c1O. The number of ether oxygens (including phenoxy) is 1. The molecule has 0 fully saturated rings. The Morgan fingerprint density at radius 3 is 2.71 bits per heavy atom. The molecule has 0 unspecified atom stereocenters. The molecular formula is C10H13NO3.